The Labute approximate surface area is 142 Å². The number of benzene rings is 1. The van der Waals surface area contributed by atoms with Gasteiger partial charge in [-0.1, -0.05) is 6.07 Å². The van der Waals surface area contributed by atoms with Crippen LogP contribution in [0.1, 0.15) is 16.7 Å². The van der Waals surface area contributed by atoms with Gasteiger partial charge in [0, 0.05) is 23.9 Å². The van der Waals surface area contributed by atoms with Crippen LogP contribution >= 0.6 is 38.9 Å². The van der Waals surface area contributed by atoms with Gasteiger partial charge >= 0.3 is 0 Å². The van der Waals surface area contributed by atoms with E-state index in [0.717, 1.165) is 16.7 Å². The summed E-state index contributed by atoms with van der Waals surface area (Å²) in [6.07, 6.45) is 0. The van der Waals surface area contributed by atoms with Crippen molar-refractivity contribution in [3.8, 4) is 0 Å². The molecular formula is C14H15BrClNO2S2. The van der Waals surface area contributed by atoms with Crippen LogP contribution in [0.25, 0.3) is 0 Å². The minimum absolute atomic E-state index is 0.260. The molecule has 7 heteroatoms. The van der Waals surface area contributed by atoms with Crippen LogP contribution in [0.3, 0.4) is 0 Å². The molecule has 1 aromatic carbocycles. The van der Waals surface area contributed by atoms with Gasteiger partial charge in [-0.25, -0.2) is 8.42 Å². The zero-order valence-electron chi connectivity index (χ0n) is 11.6. The highest BCUT2D eigenvalue weighted by Gasteiger charge is 2.25. The maximum Gasteiger partial charge on any atom is 0.244 e. The van der Waals surface area contributed by atoms with Crippen LogP contribution in [0.15, 0.2) is 38.3 Å². The molecule has 21 heavy (non-hydrogen) atoms. The van der Waals surface area contributed by atoms with E-state index >= 15 is 0 Å². The number of thiophene rings is 1. The fourth-order valence-electron chi connectivity index (χ4n) is 1.97. The van der Waals surface area contributed by atoms with Crippen molar-refractivity contribution in [2.45, 2.75) is 24.2 Å². The van der Waals surface area contributed by atoms with Crippen LogP contribution < -0.4 is 0 Å². The molecule has 0 unspecified atom stereocenters. The van der Waals surface area contributed by atoms with E-state index in [4.69, 9.17) is 11.6 Å². The molecule has 0 atom stereocenters. The maximum absolute atomic E-state index is 12.8. The molecule has 0 amide bonds. The Kier molecular flexibility index (Phi) is 5.48. The van der Waals surface area contributed by atoms with Crippen molar-refractivity contribution in [1.29, 1.82) is 0 Å². The molecule has 0 aliphatic carbocycles. The lowest BCUT2D eigenvalue weighted by molar-refractivity contribution is 0.466. The van der Waals surface area contributed by atoms with E-state index in [-0.39, 0.29) is 10.8 Å². The number of rotatable bonds is 5. The van der Waals surface area contributed by atoms with Gasteiger partial charge in [0.25, 0.3) is 0 Å². The van der Waals surface area contributed by atoms with Crippen molar-refractivity contribution < 1.29 is 8.42 Å². The second kappa shape index (κ2) is 6.79. The van der Waals surface area contributed by atoms with Gasteiger partial charge in [0.1, 0.15) is 0 Å². The van der Waals surface area contributed by atoms with Crippen LogP contribution in [-0.2, 0) is 22.4 Å². The van der Waals surface area contributed by atoms with Crippen LogP contribution in [0, 0.1) is 6.92 Å². The van der Waals surface area contributed by atoms with Crippen LogP contribution in [0.2, 0.25) is 0 Å². The number of nitrogens with zero attached hydrogens (tertiary/aromatic N) is 1. The topological polar surface area (TPSA) is 37.4 Å². The predicted molar refractivity (Wildman–Crippen MR) is 91.4 cm³/mol. The van der Waals surface area contributed by atoms with Gasteiger partial charge < -0.3 is 0 Å². The van der Waals surface area contributed by atoms with Gasteiger partial charge in [0.2, 0.25) is 10.0 Å². The fourth-order valence-corrected chi connectivity index (χ4v) is 4.97. The van der Waals surface area contributed by atoms with Crippen molar-refractivity contribution in [2.24, 2.45) is 0 Å². The first kappa shape index (κ1) is 17.0. The number of sulfonamides is 1. The van der Waals surface area contributed by atoms with Crippen LogP contribution in [0.5, 0.6) is 0 Å². The number of aryl methyl sites for hydroxylation is 1. The molecular weight excluding hydrogens is 394 g/mol. The van der Waals surface area contributed by atoms with E-state index in [9.17, 15) is 8.42 Å². The first-order valence-corrected chi connectivity index (χ1v) is 9.89. The average Bonchev–Trinajstić information content (AvgIpc) is 2.94. The highest BCUT2D eigenvalue weighted by Crippen LogP contribution is 2.30. The Hall–Kier alpha value is -0.400. The lowest BCUT2D eigenvalue weighted by Gasteiger charge is -2.19. The Balaban J connectivity index is 2.41. The number of halogens is 2. The van der Waals surface area contributed by atoms with Crippen molar-refractivity contribution in [2.75, 3.05) is 7.05 Å². The summed E-state index contributed by atoms with van der Waals surface area (Å²) in [5, 5.41) is 3.88. The Morgan fingerprint density at radius 2 is 2.05 bits per heavy atom. The van der Waals surface area contributed by atoms with Crippen LogP contribution in [0.4, 0.5) is 0 Å². The first-order chi connectivity index (χ1) is 9.86. The highest BCUT2D eigenvalue weighted by molar-refractivity contribution is 9.10. The Morgan fingerprint density at radius 3 is 2.62 bits per heavy atom. The molecule has 0 saturated heterocycles. The minimum atomic E-state index is -3.57. The molecule has 0 N–H and O–H groups in total. The third kappa shape index (κ3) is 3.68. The van der Waals surface area contributed by atoms with Crippen molar-refractivity contribution >= 4 is 48.9 Å². The summed E-state index contributed by atoms with van der Waals surface area (Å²) >= 11 is 10.8. The predicted octanol–water partition coefficient (Wildman–Crippen LogP) is 4.38. The molecule has 0 aliphatic heterocycles. The van der Waals surface area contributed by atoms with Gasteiger partial charge in [-0.3, -0.25) is 0 Å². The molecule has 3 nitrogen and oxygen atoms in total. The standard InChI is InChI=1S/C14H15BrClNO2S2/c1-10-5-12(7-16)6-13(14(10)15)21(18,19)17(2)8-11-3-4-20-9-11/h3-6,9H,7-8H2,1-2H3. The van der Waals surface area contributed by atoms with Crippen molar-refractivity contribution in [1.82, 2.24) is 4.31 Å². The summed E-state index contributed by atoms with van der Waals surface area (Å²) in [7, 11) is -1.98. The Morgan fingerprint density at radius 1 is 1.33 bits per heavy atom. The van der Waals surface area contributed by atoms with Gasteiger partial charge in [0.15, 0.2) is 0 Å². The maximum atomic E-state index is 12.8. The highest BCUT2D eigenvalue weighted by atomic mass is 79.9. The molecule has 0 saturated carbocycles. The minimum Gasteiger partial charge on any atom is -0.207 e. The fraction of sp³-hybridized carbons (Fsp3) is 0.286. The lowest BCUT2D eigenvalue weighted by Crippen LogP contribution is -2.27. The van der Waals surface area contributed by atoms with E-state index in [0.29, 0.717) is 11.0 Å². The molecule has 1 heterocycles. The molecule has 114 valence electrons. The summed E-state index contributed by atoms with van der Waals surface area (Å²) in [5.74, 6) is 0.283. The van der Waals surface area contributed by atoms with Gasteiger partial charge in [-0.05, 0) is 62.4 Å². The monoisotopic (exact) mass is 407 g/mol. The normalized spacial score (nSPS) is 12.0. The van der Waals surface area contributed by atoms with Crippen molar-refractivity contribution in [3.63, 3.8) is 0 Å². The molecule has 1 aromatic heterocycles. The summed E-state index contributed by atoms with van der Waals surface area (Å²) in [6, 6.07) is 5.44. The van der Waals surface area contributed by atoms with E-state index in [1.807, 2.05) is 29.8 Å². The summed E-state index contributed by atoms with van der Waals surface area (Å²) in [6.45, 7) is 2.21. The molecule has 0 spiro atoms. The third-order valence-electron chi connectivity index (χ3n) is 3.11. The summed E-state index contributed by atoms with van der Waals surface area (Å²) in [5.41, 5.74) is 2.63. The quantitative estimate of drug-likeness (QED) is 0.689. The second-order valence-corrected chi connectivity index (χ2v) is 8.60. The average molecular weight is 409 g/mol. The van der Waals surface area contributed by atoms with Gasteiger partial charge in [-0.15, -0.1) is 11.6 Å². The summed E-state index contributed by atoms with van der Waals surface area (Å²) < 4.78 is 27.5. The zero-order valence-corrected chi connectivity index (χ0v) is 15.6. The molecule has 0 bridgehead atoms. The van der Waals surface area contributed by atoms with E-state index < -0.39 is 10.0 Å². The van der Waals surface area contributed by atoms with E-state index in [1.54, 1.807) is 24.5 Å². The number of hydrogen-bond donors (Lipinski definition) is 0. The van der Waals surface area contributed by atoms with Gasteiger partial charge in [-0.2, -0.15) is 15.6 Å². The SMILES string of the molecule is Cc1cc(CCl)cc(S(=O)(=O)N(C)Cc2ccsc2)c1Br. The number of hydrogen-bond acceptors (Lipinski definition) is 3. The van der Waals surface area contributed by atoms with E-state index in [1.165, 1.54) is 4.31 Å². The summed E-state index contributed by atoms with van der Waals surface area (Å²) in [4.78, 5) is 0.260. The third-order valence-corrected chi connectivity index (χ3v) is 7.29. The molecule has 0 radical (unpaired) electrons. The lowest BCUT2D eigenvalue weighted by atomic mass is 10.2. The smallest absolute Gasteiger partial charge is 0.207 e. The van der Waals surface area contributed by atoms with Crippen molar-refractivity contribution in [3.05, 3.63) is 50.1 Å². The van der Waals surface area contributed by atoms with E-state index in [2.05, 4.69) is 15.9 Å². The number of alkyl halides is 1. The molecule has 0 aliphatic rings. The van der Waals surface area contributed by atoms with Gasteiger partial charge in [0.05, 0.1) is 4.90 Å². The largest absolute Gasteiger partial charge is 0.244 e. The molecule has 2 aromatic rings. The first-order valence-electron chi connectivity index (χ1n) is 6.18. The Bertz CT molecular complexity index is 730. The van der Waals surface area contributed by atoms with Crippen LogP contribution in [-0.4, -0.2) is 19.8 Å². The zero-order chi connectivity index (χ0) is 15.6. The molecule has 2 rings (SSSR count). The molecule has 0 fully saturated rings. The second-order valence-electron chi connectivity index (χ2n) is 4.75.